The molecule has 148 valence electrons. The lowest BCUT2D eigenvalue weighted by Crippen LogP contribution is -2.37. The Hall–Kier alpha value is -3.07. The molecule has 0 saturated carbocycles. The van der Waals surface area contributed by atoms with Crippen LogP contribution >= 0.6 is 0 Å². The second-order valence-electron chi connectivity index (χ2n) is 6.61. The monoisotopic (exact) mass is 385 g/mol. The third-order valence-electron chi connectivity index (χ3n) is 4.59. The number of carbonyl (C=O) groups is 1. The average molecular weight is 385 g/mol. The minimum absolute atomic E-state index is 0.370. The van der Waals surface area contributed by atoms with Crippen LogP contribution in [0, 0.1) is 13.8 Å². The van der Waals surface area contributed by atoms with Gasteiger partial charge in [-0.25, -0.2) is 14.8 Å². The number of morpholine rings is 1. The summed E-state index contributed by atoms with van der Waals surface area (Å²) in [4.78, 5) is 23.7. The van der Waals surface area contributed by atoms with Gasteiger partial charge >= 0.3 is 6.03 Å². The van der Waals surface area contributed by atoms with Gasteiger partial charge in [0.25, 0.3) is 0 Å². The standard InChI is InChI=1S/C19H23N5O4/c1-12-17(13(2)21-18(20-12)24-5-7-26-8-6-24)23-19(25)22-14-3-4-15-16(11-14)28-10-9-27-15/h3-4,11H,5-10H2,1-2H3,(H2,22,23,25). The van der Waals surface area contributed by atoms with Gasteiger partial charge in [0.15, 0.2) is 11.5 Å². The van der Waals surface area contributed by atoms with Crippen molar-refractivity contribution in [1.29, 1.82) is 0 Å². The molecule has 1 fully saturated rings. The number of nitrogens with zero attached hydrogens (tertiary/aromatic N) is 3. The molecule has 2 aliphatic heterocycles. The Morgan fingerprint density at radius 3 is 2.36 bits per heavy atom. The molecule has 2 aliphatic rings. The molecule has 2 aromatic rings. The van der Waals surface area contributed by atoms with Gasteiger partial charge in [-0.05, 0) is 26.0 Å². The van der Waals surface area contributed by atoms with Crippen LogP contribution in [0.15, 0.2) is 18.2 Å². The molecule has 0 radical (unpaired) electrons. The zero-order valence-corrected chi connectivity index (χ0v) is 15.9. The third kappa shape index (κ3) is 3.94. The summed E-state index contributed by atoms with van der Waals surface area (Å²) in [6, 6.07) is 4.92. The number of benzene rings is 1. The highest BCUT2D eigenvalue weighted by Gasteiger charge is 2.18. The van der Waals surface area contributed by atoms with Crippen LogP contribution < -0.4 is 25.0 Å². The minimum Gasteiger partial charge on any atom is -0.486 e. The minimum atomic E-state index is -0.370. The lowest BCUT2D eigenvalue weighted by Gasteiger charge is -2.27. The van der Waals surface area contributed by atoms with Crippen molar-refractivity contribution in [3.8, 4) is 11.5 Å². The van der Waals surface area contributed by atoms with E-state index < -0.39 is 0 Å². The fraction of sp³-hybridized carbons (Fsp3) is 0.421. The highest BCUT2D eigenvalue weighted by molar-refractivity contribution is 6.00. The molecule has 0 aliphatic carbocycles. The molecule has 1 aromatic heterocycles. The molecule has 2 N–H and O–H groups in total. The molecular formula is C19H23N5O4. The average Bonchev–Trinajstić information content (AvgIpc) is 2.71. The van der Waals surface area contributed by atoms with Crippen LogP contribution in [0.4, 0.5) is 22.1 Å². The fourth-order valence-electron chi connectivity index (χ4n) is 3.18. The van der Waals surface area contributed by atoms with Gasteiger partial charge in [-0.15, -0.1) is 0 Å². The van der Waals surface area contributed by atoms with Gasteiger partial charge in [-0.2, -0.15) is 0 Å². The van der Waals surface area contributed by atoms with E-state index >= 15 is 0 Å². The summed E-state index contributed by atoms with van der Waals surface area (Å²) < 4.78 is 16.4. The molecular weight excluding hydrogens is 362 g/mol. The van der Waals surface area contributed by atoms with E-state index in [1.165, 1.54) is 0 Å². The number of hydrogen-bond donors (Lipinski definition) is 2. The van der Waals surface area contributed by atoms with Crippen LogP contribution in [0.3, 0.4) is 0 Å². The van der Waals surface area contributed by atoms with Gasteiger partial charge in [-0.1, -0.05) is 0 Å². The number of aryl methyl sites for hydroxylation is 2. The number of rotatable bonds is 3. The van der Waals surface area contributed by atoms with Gasteiger partial charge in [0.2, 0.25) is 5.95 Å². The van der Waals surface area contributed by atoms with Gasteiger partial charge in [0.1, 0.15) is 13.2 Å². The highest BCUT2D eigenvalue weighted by Crippen LogP contribution is 2.32. The van der Waals surface area contributed by atoms with E-state index in [0.717, 1.165) is 13.1 Å². The number of fused-ring (bicyclic) bond motifs is 1. The summed E-state index contributed by atoms with van der Waals surface area (Å²) >= 11 is 0. The summed E-state index contributed by atoms with van der Waals surface area (Å²) in [6.07, 6.45) is 0. The number of ether oxygens (including phenoxy) is 3. The largest absolute Gasteiger partial charge is 0.486 e. The predicted molar refractivity (Wildman–Crippen MR) is 105 cm³/mol. The third-order valence-corrected chi connectivity index (χ3v) is 4.59. The van der Waals surface area contributed by atoms with Gasteiger partial charge in [0, 0.05) is 24.8 Å². The summed E-state index contributed by atoms with van der Waals surface area (Å²) in [7, 11) is 0. The van der Waals surface area contributed by atoms with Crippen molar-refractivity contribution < 1.29 is 19.0 Å². The molecule has 3 heterocycles. The molecule has 9 heteroatoms. The normalized spacial score (nSPS) is 15.9. The first-order valence-corrected chi connectivity index (χ1v) is 9.26. The first-order chi connectivity index (χ1) is 13.6. The second kappa shape index (κ2) is 7.89. The predicted octanol–water partition coefficient (Wildman–Crippen LogP) is 2.35. The van der Waals surface area contributed by atoms with Crippen molar-refractivity contribution in [2.75, 3.05) is 55.1 Å². The Kier molecular flexibility index (Phi) is 5.16. The molecule has 0 bridgehead atoms. The van der Waals surface area contributed by atoms with E-state index in [1.54, 1.807) is 18.2 Å². The fourth-order valence-corrected chi connectivity index (χ4v) is 3.18. The molecule has 4 rings (SSSR count). The zero-order chi connectivity index (χ0) is 19.5. The number of hydrogen-bond acceptors (Lipinski definition) is 7. The quantitative estimate of drug-likeness (QED) is 0.837. The van der Waals surface area contributed by atoms with Gasteiger partial charge in [0.05, 0.1) is 30.3 Å². The molecule has 2 amide bonds. The number of carbonyl (C=O) groups excluding carboxylic acids is 1. The summed E-state index contributed by atoms with van der Waals surface area (Å²) in [5, 5.41) is 5.65. The highest BCUT2D eigenvalue weighted by atomic mass is 16.6. The Labute approximate surface area is 163 Å². The molecule has 28 heavy (non-hydrogen) atoms. The number of nitrogens with one attached hydrogen (secondary N) is 2. The first-order valence-electron chi connectivity index (χ1n) is 9.26. The first kappa shape index (κ1) is 18.3. The molecule has 9 nitrogen and oxygen atoms in total. The van der Waals surface area contributed by atoms with Gasteiger partial charge in [-0.3, -0.25) is 0 Å². The lowest BCUT2D eigenvalue weighted by atomic mass is 10.2. The summed E-state index contributed by atoms with van der Waals surface area (Å²) in [5.74, 6) is 1.96. The zero-order valence-electron chi connectivity index (χ0n) is 15.9. The van der Waals surface area contributed by atoms with Crippen molar-refractivity contribution in [2.45, 2.75) is 13.8 Å². The maximum Gasteiger partial charge on any atom is 0.323 e. The molecule has 0 atom stereocenters. The summed E-state index contributed by atoms with van der Waals surface area (Å²) in [6.45, 7) is 7.59. The van der Waals surface area contributed by atoms with Gasteiger partial charge < -0.3 is 29.7 Å². The van der Waals surface area contributed by atoms with Crippen LogP contribution in [-0.2, 0) is 4.74 Å². The maximum absolute atomic E-state index is 12.5. The number of anilines is 3. The lowest BCUT2D eigenvalue weighted by molar-refractivity contribution is 0.122. The Bertz CT molecular complexity index is 860. The van der Waals surface area contributed by atoms with Crippen LogP contribution in [0.25, 0.3) is 0 Å². The Morgan fingerprint density at radius 1 is 0.964 bits per heavy atom. The number of urea groups is 1. The molecule has 0 unspecified atom stereocenters. The topological polar surface area (TPSA) is 97.8 Å². The van der Waals surface area contributed by atoms with Crippen molar-refractivity contribution in [3.05, 3.63) is 29.6 Å². The van der Waals surface area contributed by atoms with Crippen molar-refractivity contribution in [1.82, 2.24) is 9.97 Å². The molecule has 0 spiro atoms. The Morgan fingerprint density at radius 2 is 1.64 bits per heavy atom. The maximum atomic E-state index is 12.5. The van der Waals surface area contributed by atoms with Crippen molar-refractivity contribution in [3.63, 3.8) is 0 Å². The van der Waals surface area contributed by atoms with Crippen molar-refractivity contribution >= 4 is 23.4 Å². The summed E-state index contributed by atoms with van der Waals surface area (Å²) in [5.41, 5.74) is 2.65. The Balaban J connectivity index is 1.45. The molecule has 1 saturated heterocycles. The molecule has 1 aromatic carbocycles. The van der Waals surface area contributed by atoms with Crippen LogP contribution in [0.5, 0.6) is 11.5 Å². The van der Waals surface area contributed by atoms with E-state index in [4.69, 9.17) is 14.2 Å². The second-order valence-corrected chi connectivity index (χ2v) is 6.61. The van der Waals surface area contributed by atoms with Crippen LogP contribution in [-0.4, -0.2) is 55.5 Å². The van der Waals surface area contributed by atoms with Crippen LogP contribution in [0.2, 0.25) is 0 Å². The van der Waals surface area contributed by atoms with Crippen LogP contribution in [0.1, 0.15) is 11.4 Å². The SMILES string of the molecule is Cc1nc(N2CCOCC2)nc(C)c1NC(=O)Nc1ccc2c(c1)OCCO2. The van der Waals surface area contributed by atoms with E-state index in [-0.39, 0.29) is 6.03 Å². The van der Waals surface area contributed by atoms with E-state index in [0.29, 0.717) is 66.6 Å². The number of amides is 2. The van der Waals surface area contributed by atoms with E-state index in [1.807, 2.05) is 13.8 Å². The number of aromatic nitrogens is 2. The van der Waals surface area contributed by atoms with E-state index in [2.05, 4.69) is 25.5 Å². The van der Waals surface area contributed by atoms with Crippen molar-refractivity contribution in [2.24, 2.45) is 0 Å². The smallest absolute Gasteiger partial charge is 0.323 e. The van der Waals surface area contributed by atoms with E-state index in [9.17, 15) is 4.79 Å².